The van der Waals surface area contributed by atoms with Crippen LogP contribution in [0.5, 0.6) is 0 Å². The Morgan fingerprint density at radius 2 is 2.36 bits per heavy atom. The van der Waals surface area contributed by atoms with Crippen LogP contribution in [0.2, 0.25) is 0 Å². The Balaban J connectivity index is 2.57. The highest BCUT2D eigenvalue weighted by molar-refractivity contribution is 5.61. The lowest BCUT2D eigenvalue weighted by molar-refractivity contribution is 0.309. The third-order valence-corrected chi connectivity index (χ3v) is 1.26. The van der Waals surface area contributed by atoms with Gasteiger partial charge in [-0.15, -0.1) is 5.10 Å². The molecule has 0 bridgehead atoms. The molecule has 11 heteroatoms. The van der Waals surface area contributed by atoms with Crippen molar-refractivity contribution in [3.63, 3.8) is 0 Å². The number of hydrogen-bond donors (Lipinski definition) is 0. The Kier molecular flexibility index (Phi) is 1.70. The minimum Gasteiger partial charge on any atom is -0.788 e. The molecular weight excluding hydrogens is 194 g/mol. The molecule has 2 aromatic heterocycles. The molecule has 0 N–H and O–H groups in total. The summed E-state index contributed by atoms with van der Waals surface area (Å²) < 4.78 is 4.26. The summed E-state index contributed by atoms with van der Waals surface area (Å²) in [4.78, 5) is 2.57. The normalized spacial score (nSPS) is 9.71. The Morgan fingerprint density at radius 3 is 3.00 bits per heavy atom. The van der Waals surface area contributed by atoms with Crippen LogP contribution >= 0.6 is 0 Å². The predicted molar refractivity (Wildman–Crippen MR) is 38.7 cm³/mol. The summed E-state index contributed by atoms with van der Waals surface area (Å²) in [5.41, 5.74) is 8.03. The van der Waals surface area contributed by atoms with Crippen molar-refractivity contribution in [3.8, 4) is 11.5 Å². The topological polar surface area (TPSA) is 154 Å². The highest BCUT2D eigenvalue weighted by atomic mass is 16.6. The third kappa shape index (κ3) is 1.09. The zero-order valence-corrected chi connectivity index (χ0v) is 6.34. The van der Waals surface area contributed by atoms with Gasteiger partial charge in [-0.2, -0.15) is 0 Å². The molecule has 0 aromatic carbocycles. The van der Waals surface area contributed by atoms with Crippen LogP contribution in [0.3, 0.4) is 0 Å². The van der Waals surface area contributed by atoms with Gasteiger partial charge in [0.2, 0.25) is 11.6 Å². The molecule has 2 heterocycles. The molecule has 0 radical (unpaired) electrons. The zero-order chi connectivity index (χ0) is 9.97. The largest absolute Gasteiger partial charge is 0.788 e. The van der Waals surface area contributed by atoms with E-state index in [4.69, 9.17) is 5.53 Å². The number of tetrazole rings is 1. The van der Waals surface area contributed by atoms with E-state index in [0.29, 0.717) is 0 Å². The SMILES string of the molecule is [N-]=[N+]=Nc1nonc1-c1nnnn1[O-]. The summed E-state index contributed by atoms with van der Waals surface area (Å²) in [6, 6.07) is 0. The van der Waals surface area contributed by atoms with Crippen molar-refractivity contribution >= 4 is 5.82 Å². The van der Waals surface area contributed by atoms with Crippen LogP contribution in [0.1, 0.15) is 0 Å². The minimum absolute atomic E-state index is 0.107. The van der Waals surface area contributed by atoms with Gasteiger partial charge < -0.3 is 5.21 Å². The fourth-order valence-corrected chi connectivity index (χ4v) is 0.750. The van der Waals surface area contributed by atoms with E-state index >= 15 is 0 Å². The maximum absolute atomic E-state index is 10.9. The molecule has 2 aromatic rings. The van der Waals surface area contributed by atoms with Gasteiger partial charge in [-0.3, -0.25) is 4.85 Å². The van der Waals surface area contributed by atoms with Crippen LogP contribution in [0.25, 0.3) is 22.0 Å². The Morgan fingerprint density at radius 1 is 1.50 bits per heavy atom. The average Bonchev–Trinajstić information content (AvgIpc) is 2.74. The lowest BCUT2D eigenvalue weighted by Gasteiger charge is -2.01. The Labute approximate surface area is 74.5 Å². The molecule has 0 aliphatic carbocycles. The van der Waals surface area contributed by atoms with Crippen molar-refractivity contribution in [3.05, 3.63) is 15.7 Å². The van der Waals surface area contributed by atoms with Crippen molar-refractivity contribution in [2.24, 2.45) is 5.11 Å². The van der Waals surface area contributed by atoms with E-state index < -0.39 is 0 Å². The smallest absolute Gasteiger partial charge is 0.202 e. The average molecular weight is 194 g/mol. The van der Waals surface area contributed by atoms with E-state index in [1.165, 1.54) is 0 Å². The monoisotopic (exact) mass is 194 g/mol. The fraction of sp³-hybridized carbons (Fsp3) is 0. The van der Waals surface area contributed by atoms with Crippen LogP contribution in [-0.4, -0.2) is 30.7 Å². The lowest BCUT2D eigenvalue weighted by atomic mass is 10.4. The highest BCUT2D eigenvalue weighted by Gasteiger charge is 2.15. The summed E-state index contributed by atoms with van der Waals surface area (Å²) in [5.74, 6) is -0.437. The van der Waals surface area contributed by atoms with Crippen molar-refractivity contribution in [1.82, 2.24) is 30.7 Å². The molecule has 0 atom stereocenters. The molecule has 0 saturated heterocycles. The summed E-state index contributed by atoms with van der Waals surface area (Å²) in [6.45, 7) is 0. The molecule has 0 aliphatic heterocycles. The first-order chi connectivity index (χ1) is 6.83. The van der Waals surface area contributed by atoms with E-state index in [2.05, 4.69) is 40.5 Å². The molecule has 0 amide bonds. The van der Waals surface area contributed by atoms with Crippen molar-refractivity contribution in [1.29, 1.82) is 0 Å². The van der Waals surface area contributed by atoms with Gasteiger partial charge >= 0.3 is 0 Å². The number of aromatic nitrogens is 6. The van der Waals surface area contributed by atoms with Gasteiger partial charge in [-0.05, 0) is 31.4 Å². The third-order valence-electron chi connectivity index (χ3n) is 1.26. The Hall–Kier alpha value is -2.68. The molecule has 0 fully saturated rings. The first-order valence-corrected chi connectivity index (χ1v) is 3.17. The zero-order valence-electron chi connectivity index (χ0n) is 6.34. The van der Waals surface area contributed by atoms with Gasteiger partial charge in [0.1, 0.15) is 0 Å². The van der Waals surface area contributed by atoms with Crippen LogP contribution in [0, 0.1) is 5.21 Å². The first-order valence-electron chi connectivity index (χ1n) is 3.17. The maximum Gasteiger partial charge on any atom is 0.202 e. The number of hydrogen-bond acceptors (Lipinski definition) is 8. The summed E-state index contributed by atoms with van der Waals surface area (Å²) >= 11 is 0. The predicted octanol–water partition coefficient (Wildman–Crippen LogP) is 0.0108. The molecule has 70 valence electrons. The van der Waals surface area contributed by atoms with E-state index in [9.17, 15) is 5.21 Å². The van der Waals surface area contributed by atoms with Crippen LogP contribution in [0.4, 0.5) is 5.82 Å². The second kappa shape index (κ2) is 2.99. The number of rotatable bonds is 2. The van der Waals surface area contributed by atoms with E-state index in [1.54, 1.807) is 0 Å². The molecule has 0 unspecified atom stereocenters. The minimum atomic E-state index is -0.242. The molecular formula is C3N9O2-. The standard InChI is InChI=1S/C3N9O2/c4-9-5-2-1(7-14-8-2)3-6-10-11-12(3)13/q-1. The molecule has 2 rings (SSSR count). The van der Waals surface area contributed by atoms with Gasteiger partial charge in [0.15, 0.2) is 5.69 Å². The molecule has 14 heavy (non-hydrogen) atoms. The highest BCUT2D eigenvalue weighted by Crippen LogP contribution is 2.23. The van der Waals surface area contributed by atoms with Crippen molar-refractivity contribution in [2.75, 3.05) is 0 Å². The van der Waals surface area contributed by atoms with E-state index in [1.807, 2.05) is 0 Å². The number of azide groups is 1. The van der Waals surface area contributed by atoms with Gasteiger partial charge in [-0.25, -0.2) is 4.63 Å². The van der Waals surface area contributed by atoms with Crippen LogP contribution < -0.4 is 0 Å². The van der Waals surface area contributed by atoms with Gasteiger partial charge in [0.05, 0.1) is 0 Å². The first kappa shape index (κ1) is 7.94. The second-order valence-corrected chi connectivity index (χ2v) is 2.00. The van der Waals surface area contributed by atoms with Gasteiger partial charge in [-0.1, -0.05) is 0 Å². The van der Waals surface area contributed by atoms with Crippen LogP contribution in [-0.2, 0) is 0 Å². The summed E-state index contributed by atoms with van der Waals surface area (Å²) in [6.07, 6.45) is 0. The summed E-state index contributed by atoms with van der Waals surface area (Å²) in [5, 5.41) is 30.1. The maximum atomic E-state index is 10.9. The van der Waals surface area contributed by atoms with Gasteiger partial charge in [0.25, 0.3) is 0 Å². The summed E-state index contributed by atoms with van der Waals surface area (Å²) in [7, 11) is 0. The lowest BCUT2D eigenvalue weighted by Crippen LogP contribution is -1.92. The van der Waals surface area contributed by atoms with Gasteiger partial charge in [0, 0.05) is 4.91 Å². The van der Waals surface area contributed by atoms with E-state index in [-0.39, 0.29) is 22.2 Å². The van der Waals surface area contributed by atoms with Crippen molar-refractivity contribution < 1.29 is 4.63 Å². The molecule has 0 spiro atoms. The number of nitrogens with zero attached hydrogens (tertiary/aromatic N) is 9. The molecule has 0 saturated carbocycles. The second-order valence-electron chi connectivity index (χ2n) is 2.00. The molecule has 11 nitrogen and oxygen atoms in total. The quantitative estimate of drug-likeness (QED) is 0.370. The van der Waals surface area contributed by atoms with E-state index in [0.717, 1.165) is 0 Å². The Bertz CT molecular complexity index is 492. The van der Waals surface area contributed by atoms with Crippen molar-refractivity contribution in [2.45, 2.75) is 0 Å². The fourth-order valence-electron chi connectivity index (χ4n) is 0.750. The van der Waals surface area contributed by atoms with Crippen LogP contribution in [0.15, 0.2) is 9.74 Å². The molecule has 0 aliphatic rings.